The van der Waals surface area contributed by atoms with Crippen molar-refractivity contribution < 1.29 is 18.0 Å². The summed E-state index contributed by atoms with van der Waals surface area (Å²) < 4.78 is 32.3. The van der Waals surface area contributed by atoms with Crippen molar-refractivity contribution in [3.8, 4) is 0 Å². The fourth-order valence-electron chi connectivity index (χ4n) is 2.29. The molecule has 126 valence electrons. The molecule has 3 aromatic heterocycles. The Balaban J connectivity index is 1.84. The number of nitrogens with one attached hydrogen (secondary N) is 1. The summed E-state index contributed by atoms with van der Waals surface area (Å²) in [6.07, 6.45) is 0.629. The number of aryl methyl sites for hydroxylation is 2. The number of fused-ring (bicyclic) bond motifs is 1. The van der Waals surface area contributed by atoms with Crippen LogP contribution in [0.1, 0.15) is 46.7 Å². The van der Waals surface area contributed by atoms with Gasteiger partial charge in [0.1, 0.15) is 17.5 Å². The molecule has 0 unspecified atom stereocenters. The Morgan fingerprint density at radius 1 is 1.42 bits per heavy atom. The fraction of sp³-hybridized carbons (Fsp3) is 0.333. The molecule has 0 bridgehead atoms. The molecule has 1 N–H and O–H groups in total. The Kier molecular flexibility index (Phi) is 4.24. The third-order valence-corrected chi connectivity index (χ3v) is 3.43. The van der Waals surface area contributed by atoms with Gasteiger partial charge in [0.05, 0.1) is 18.4 Å². The number of carbonyl (C=O) groups is 1. The van der Waals surface area contributed by atoms with Crippen LogP contribution in [0.25, 0.3) is 5.65 Å². The van der Waals surface area contributed by atoms with Gasteiger partial charge in [-0.3, -0.25) is 4.79 Å². The van der Waals surface area contributed by atoms with E-state index in [4.69, 9.17) is 4.42 Å². The number of aromatic nitrogens is 4. The van der Waals surface area contributed by atoms with Gasteiger partial charge in [-0.1, -0.05) is 6.92 Å². The first-order valence-corrected chi connectivity index (χ1v) is 7.34. The van der Waals surface area contributed by atoms with Gasteiger partial charge in [0.25, 0.3) is 12.3 Å². The van der Waals surface area contributed by atoms with Gasteiger partial charge in [-0.15, -0.1) is 0 Å². The SMILES string of the molecule is CCc1nc(CNC(=O)c2cnn3c(C(F)F)cc(C)nc23)co1. The number of rotatable bonds is 5. The number of hydrogen-bond acceptors (Lipinski definition) is 5. The van der Waals surface area contributed by atoms with Crippen LogP contribution in [0.4, 0.5) is 8.78 Å². The number of oxazole rings is 1. The van der Waals surface area contributed by atoms with Gasteiger partial charge in [0, 0.05) is 12.1 Å². The molecule has 24 heavy (non-hydrogen) atoms. The highest BCUT2D eigenvalue weighted by atomic mass is 19.3. The minimum atomic E-state index is -2.72. The molecule has 9 heteroatoms. The lowest BCUT2D eigenvalue weighted by Gasteiger charge is -2.06. The quantitative estimate of drug-likeness (QED) is 0.774. The molecule has 0 fully saturated rings. The maximum atomic E-state index is 13.1. The van der Waals surface area contributed by atoms with Gasteiger partial charge in [-0.2, -0.15) is 5.10 Å². The number of carbonyl (C=O) groups excluding carboxylic acids is 1. The molecule has 0 aliphatic rings. The van der Waals surface area contributed by atoms with Gasteiger partial charge < -0.3 is 9.73 Å². The zero-order chi connectivity index (χ0) is 17.3. The first-order valence-electron chi connectivity index (χ1n) is 7.34. The lowest BCUT2D eigenvalue weighted by molar-refractivity contribution is 0.0951. The Morgan fingerprint density at radius 2 is 2.21 bits per heavy atom. The van der Waals surface area contributed by atoms with Crippen LogP contribution in [0.5, 0.6) is 0 Å². The average molecular weight is 335 g/mol. The number of hydrogen-bond donors (Lipinski definition) is 1. The zero-order valence-electron chi connectivity index (χ0n) is 13.1. The number of amides is 1. The molecule has 3 rings (SSSR count). The van der Waals surface area contributed by atoms with Crippen LogP contribution in [0.3, 0.4) is 0 Å². The van der Waals surface area contributed by atoms with Crippen LogP contribution in [-0.4, -0.2) is 25.5 Å². The molecule has 0 spiro atoms. The molecule has 0 aliphatic heterocycles. The minimum Gasteiger partial charge on any atom is -0.449 e. The maximum Gasteiger partial charge on any atom is 0.280 e. The van der Waals surface area contributed by atoms with E-state index >= 15 is 0 Å². The fourth-order valence-corrected chi connectivity index (χ4v) is 2.29. The number of alkyl halides is 2. The predicted molar refractivity (Wildman–Crippen MR) is 79.7 cm³/mol. The van der Waals surface area contributed by atoms with Crippen LogP contribution in [0.2, 0.25) is 0 Å². The monoisotopic (exact) mass is 335 g/mol. The molecule has 0 atom stereocenters. The smallest absolute Gasteiger partial charge is 0.280 e. The highest BCUT2D eigenvalue weighted by molar-refractivity contribution is 5.99. The molecule has 3 heterocycles. The van der Waals surface area contributed by atoms with Gasteiger partial charge in [0.15, 0.2) is 11.5 Å². The van der Waals surface area contributed by atoms with Crippen LogP contribution < -0.4 is 5.32 Å². The van der Waals surface area contributed by atoms with Crippen molar-refractivity contribution in [2.45, 2.75) is 33.2 Å². The van der Waals surface area contributed by atoms with E-state index in [9.17, 15) is 13.6 Å². The lowest BCUT2D eigenvalue weighted by atomic mass is 10.3. The molecule has 0 radical (unpaired) electrons. The third-order valence-electron chi connectivity index (χ3n) is 3.43. The Morgan fingerprint density at radius 3 is 2.88 bits per heavy atom. The first kappa shape index (κ1) is 16.0. The predicted octanol–water partition coefficient (Wildman–Crippen LogP) is 2.46. The minimum absolute atomic E-state index is 0.0946. The van der Waals surface area contributed by atoms with E-state index in [2.05, 4.69) is 20.4 Å². The van der Waals surface area contributed by atoms with Gasteiger partial charge in [-0.05, 0) is 13.0 Å². The van der Waals surface area contributed by atoms with Crippen molar-refractivity contribution in [2.24, 2.45) is 0 Å². The average Bonchev–Trinajstić information content (AvgIpc) is 3.18. The molecule has 1 amide bonds. The second-order valence-electron chi connectivity index (χ2n) is 5.19. The number of nitrogens with zero attached hydrogens (tertiary/aromatic N) is 4. The normalized spacial score (nSPS) is 11.4. The van der Waals surface area contributed by atoms with Crippen molar-refractivity contribution in [1.29, 1.82) is 0 Å². The summed E-state index contributed by atoms with van der Waals surface area (Å²) in [5.41, 5.74) is 0.878. The molecular formula is C15H15F2N5O2. The Labute approximate surface area is 135 Å². The molecule has 0 aliphatic carbocycles. The van der Waals surface area contributed by atoms with E-state index in [0.717, 1.165) is 4.52 Å². The summed E-state index contributed by atoms with van der Waals surface area (Å²) in [6, 6.07) is 1.24. The van der Waals surface area contributed by atoms with Gasteiger partial charge >= 0.3 is 0 Å². The third kappa shape index (κ3) is 2.97. The van der Waals surface area contributed by atoms with Crippen LogP contribution in [0.15, 0.2) is 22.9 Å². The van der Waals surface area contributed by atoms with Gasteiger partial charge in [-0.25, -0.2) is 23.3 Å². The van der Waals surface area contributed by atoms with E-state index in [-0.39, 0.29) is 23.4 Å². The van der Waals surface area contributed by atoms with E-state index in [1.54, 1.807) is 6.92 Å². The van der Waals surface area contributed by atoms with E-state index < -0.39 is 12.3 Å². The summed E-state index contributed by atoms with van der Waals surface area (Å²) >= 11 is 0. The van der Waals surface area contributed by atoms with Crippen LogP contribution in [-0.2, 0) is 13.0 Å². The highest BCUT2D eigenvalue weighted by Gasteiger charge is 2.20. The van der Waals surface area contributed by atoms with E-state index in [0.29, 0.717) is 23.7 Å². The second-order valence-corrected chi connectivity index (χ2v) is 5.19. The standard InChI is InChI=1S/C15H15F2N5O2/c1-3-12-21-9(7-24-12)5-18-15(23)10-6-19-22-11(13(16)17)4-8(2)20-14(10)22/h4,6-7,13H,3,5H2,1-2H3,(H,18,23). The zero-order valence-corrected chi connectivity index (χ0v) is 13.1. The summed E-state index contributed by atoms with van der Waals surface area (Å²) in [6.45, 7) is 3.65. The van der Waals surface area contributed by atoms with E-state index in [1.165, 1.54) is 18.5 Å². The summed E-state index contributed by atoms with van der Waals surface area (Å²) in [5.74, 6) is 0.110. The van der Waals surface area contributed by atoms with Crippen molar-refractivity contribution >= 4 is 11.6 Å². The van der Waals surface area contributed by atoms with Crippen molar-refractivity contribution in [3.63, 3.8) is 0 Å². The Hall–Kier alpha value is -2.84. The topological polar surface area (TPSA) is 85.3 Å². The summed E-state index contributed by atoms with van der Waals surface area (Å²) in [4.78, 5) is 20.6. The molecule has 3 aromatic rings. The number of halogens is 2. The molecule has 0 saturated heterocycles. The largest absolute Gasteiger partial charge is 0.449 e. The molecule has 0 aromatic carbocycles. The molecule has 7 nitrogen and oxygen atoms in total. The Bertz CT molecular complexity index is 887. The molecular weight excluding hydrogens is 320 g/mol. The second kappa shape index (κ2) is 6.34. The van der Waals surface area contributed by atoms with Crippen molar-refractivity contribution in [1.82, 2.24) is 24.9 Å². The van der Waals surface area contributed by atoms with Gasteiger partial charge in [0.2, 0.25) is 0 Å². The lowest BCUT2D eigenvalue weighted by Crippen LogP contribution is -2.23. The van der Waals surface area contributed by atoms with Crippen LogP contribution in [0, 0.1) is 6.92 Å². The van der Waals surface area contributed by atoms with E-state index in [1.807, 2.05) is 6.92 Å². The summed E-state index contributed by atoms with van der Waals surface area (Å²) in [5, 5.41) is 6.51. The van der Waals surface area contributed by atoms with Crippen molar-refractivity contribution in [3.05, 3.63) is 47.1 Å². The highest BCUT2D eigenvalue weighted by Crippen LogP contribution is 2.21. The first-order chi connectivity index (χ1) is 11.5. The molecule has 0 saturated carbocycles. The van der Waals surface area contributed by atoms with Crippen molar-refractivity contribution in [2.75, 3.05) is 0 Å². The van der Waals surface area contributed by atoms with Crippen LogP contribution >= 0.6 is 0 Å². The maximum absolute atomic E-state index is 13.1. The summed E-state index contributed by atoms with van der Waals surface area (Å²) in [7, 11) is 0.